The van der Waals surface area contributed by atoms with Gasteiger partial charge in [0.2, 0.25) is 5.13 Å². The molecule has 0 atom stereocenters. The lowest BCUT2D eigenvalue weighted by atomic mass is 10.1. The summed E-state index contributed by atoms with van der Waals surface area (Å²) in [5.74, 6) is 0.261. The standard InChI is InChI=1S/C14H17N3O2S/c1-9(2)12-16-14(20-17-12)15-8-7-10-5-3-4-6-11(10)13(18)19/h3-6,9H,7-8H2,1-2H3,(H,18,19)(H,15,16,17). The van der Waals surface area contributed by atoms with Gasteiger partial charge in [0.1, 0.15) is 5.82 Å². The Kier molecular flexibility index (Phi) is 4.68. The van der Waals surface area contributed by atoms with Crippen molar-refractivity contribution in [1.82, 2.24) is 9.36 Å². The molecule has 2 aromatic rings. The molecule has 1 heterocycles. The summed E-state index contributed by atoms with van der Waals surface area (Å²) >= 11 is 1.33. The highest BCUT2D eigenvalue weighted by atomic mass is 32.1. The van der Waals surface area contributed by atoms with Crippen LogP contribution in [0.1, 0.15) is 41.5 Å². The average molecular weight is 291 g/mol. The third kappa shape index (κ3) is 3.54. The van der Waals surface area contributed by atoms with Gasteiger partial charge in [-0.05, 0) is 18.1 Å². The Morgan fingerprint density at radius 3 is 2.80 bits per heavy atom. The smallest absolute Gasteiger partial charge is 0.335 e. The van der Waals surface area contributed by atoms with E-state index < -0.39 is 5.97 Å². The second kappa shape index (κ2) is 6.47. The molecular formula is C14H17N3O2S. The summed E-state index contributed by atoms with van der Waals surface area (Å²) in [5.41, 5.74) is 1.18. The van der Waals surface area contributed by atoms with E-state index in [0.29, 0.717) is 24.4 Å². The van der Waals surface area contributed by atoms with Crippen molar-refractivity contribution in [3.8, 4) is 0 Å². The summed E-state index contributed by atoms with van der Waals surface area (Å²) in [6, 6.07) is 7.05. The van der Waals surface area contributed by atoms with Crippen LogP contribution < -0.4 is 5.32 Å². The molecule has 0 radical (unpaired) electrons. The van der Waals surface area contributed by atoms with Gasteiger partial charge in [-0.15, -0.1) is 0 Å². The van der Waals surface area contributed by atoms with E-state index in [2.05, 4.69) is 28.5 Å². The number of aromatic carboxylic acids is 1. The van der Waals surface area contributed by atoms with Gasteiger partial charge in [0.05, 0.1) is 5.56 Å². The molecular weight excluding hydrogens is 274 g/mol. The SMILES string of the molecule is CC(C)c1nsc(NCCc2ccccc2C(=O)O)n1. The monoisotopic (exact) mass is 291 g/mol. The lowest BCUT2D eigenvalue weighted by Crippen LogP contribution is -2.09. The van der Waals surface area contributed by atoms with Gasteiger partial charge in [-0.3, -0.25) is 0 Å². The summed E-state index contributed by atoms with van der Waals surface area (Å²) in [4.78, 5) is 15.5. The molecule has 2 N–H and O–H groups in total. The first-order valence-electron chi connectivity index (χ1n) is 6.46. The van der Waals surface area contributed by atoms with Crippen molar-refractivity contribution in [3.63, 3.8) is 0 Å². The predicted molar refractivity (Wildman–Crippen MR) is 79.6 cm³/mol. The van der Waals surface area contributed by atoms with Crippen LogP contribution in [0.15, 0.2) is 24.3 Å². The lowest BCUT2D eigenvalue weighted by Gasteiger charge is -2.06. The number of nitrogens with zero attached hydrogens (tertiary/aromatic N) is 2. The van der Waals surface area contributed by atoms with E-state index in [1.165, 1.54) is 11.5 Å². The molecule has 0 bridgehead atoms. The maximum absolute atomic E-state index is 11.1. The van der Waals surface area contributed by atoms with Gasteiger partial charge in [-0.1, -0.05) is 32.0 Å². The molecule has 20 heavy (non-hydrogen) atoms. The number of hydrogen-bond acceptors (Lipinski definition) is 5. The van der Waals surface area contributed by atoms with Crippen LogP contribution in [0, 0.1) is 0 Å². The quantitative estimate of drug-likeness (QED) is 0.855. The minimum Gasteiger partial charge on any atom is -0.478 e. The Labute approximate surface area is 121 Å². The second-order valence-electron chi connectivity index (χ2n) is 4.75. The number of anilines is 1. The topological polar surface area (TPSA) is 75.1 Å². The van der Waals surface area contributed by atoms with Crippen molar-refractivity contribution < 1.29 is 9.90 Å². The summed E-state index contributed by atoms with van der Waals surface area (Å²) < 4.78 is 4.26. The normalized spacial score (nSPS) is 10.8. The highest BCUT2D eigenvalue weighted by Gasteiger charge is 2.10. The summed E-state index contributed by atoms with van der Waals surface area (Å²) in [6.07, 6.45) is 0.638. The van der Waals surface area contributed by atoms with E-state index in [9.17, 15) is 4.79 Å². The molecule has 0 spiro atoms. The van der Waals surface area contributed by atoms with E-state index in [-0.39, 0.29) is 0 Å². The van der Waals surface area contributed by atoms with Crippen LogP contribution in [0.2, 0.25) is 0 Å². The van der Waals surface area contributed by atoms with Gasteiger partial charge >= 0.3 is 5.97 Å². The maximum Gasteiger partial charge on any atom is 0.335 e. The second-order valence-corrected chi connectivity index (χ2v) is 5.50. The number of carboxylic acid groups (broad SMARTS) is 1. The number of rotatable bonds is 6. The van der Waals surface area contributed by atoms with Crippen LogP contribution in [0.4, 0.5) is 5.13 Å². The van der Waals surface area contributed by atoms with Crippen LogP contribution >= 0.6 is 11.5 Å². The molecule has 106 valence electrons. The van der Waals surface area contributed by atoms with Gasteiger partial charge in [-0.25, -0.2) is 9.78 Å². The maximum atomic E-state index is 11.1. The largest absolute Gasteiger partial charge is 0.478 e. The molecule has 6 heteroatoms. The molecule has 0 aliphatic carbocycles. The predicted octanol–water partition coefficient (Wildman–Crippen LogP) is 3.01. The third-order valence-corrected chi connectivity index (χ3v) is 3.56. The van der Waals surface area contributed by atoms with Crippen molar-refractivity contribution in [2.45, 2.75) is 26.2 Å². The highest BCUT2D eigenvalue weighted by Crippen LogP contribution is 2.17. The number of hydrogen-bond donors (Lipinski definition) is 2. The minimum atomic E-state index is -0.890. The molecule has 0 aliphatic rings. The molecule has 0 unspecified atom stereocenters. The van der Waals surface area contributed by atoms with Crippen LogP contribution in [-0.2, 0) is 6.42 Å². The van der Waals surface area contributed by atoms with Crippen molar-refractivity contribution in [2.75, 3.05) is 11.9 Å². The number of benzene rings is 1. The van der Waals surface area contributed by atoms with Crippen LogP contribution in [0.25, 0.3) is 0 Å². The van der Waals surface area contributed by atoms with E-state index in [4.69, 9.17) is 5.11 Å². The minimum absolute atomic E-state index is 0.314. The Morgan fingerprint density at radius 2 is 2.15 bits per heavy atom. The third-order valence-electron chi connectivity index (χ3n) is 2.88. The van der Waals surface area contributed by atoms with Crippen LogP contribution in [-0.4, -0.2) is 27.0 Å². The van der Waals surface area contributed by atoms with E-state index in [1.54, 1.807) is 12.1 Å². The number of aromatic nitrogens is 2. The fraction of sp³-hybridized carbons (Fsp3) is 0.357. The van der Waals surface area contributed by atoms with Crippen LogP contribution in [0.5, 0.6) is 0 Å². The molecule has 0 amide bonds. The Morgan fingerprint density at radius 1 is 1.40 bits per heavy atom. The molecule has 1 aromatic carbocycles. The van der Waals surface area contributed by atoms with E-state index >= 15 is 0 Å². The van der Waals surface area contributed by atoms with Crippen molar-refractivity contribution >= 4 is 22.6 Å². The Balaban J connectivity index is 1.94. The molecule has 5 nitrogen and oxygen atoms in total. The van der Waals surface area contributed by atoms with Gasteiger partial charge < -0.3 is 10.4 Å². The molecule has 0 aliphatic heterocycles. The average Bonchev–Trinajstić information content (AvgIpc) is 2.88. The van der Waals surface area contributed by atoms with Gasteiger partial charge in [0.15, 0.2) is 0 Å². The molecule has 2 rings (SSSR count). The fourth-order valence-corrected chi connectivity index (χ4v) is 2.52. The molecule has 0 saturated heterocycles. The summed E-state index contributed by atoms with van der Waals surface area (Å²) in [6.45, 7) is 4.74. The van der Waals surface area contributed by atoms with Crippen LogP contribution in [0.3, 0.4) is 0 Å². The number of carboxylic acids is 1. The highest BCUT2D eigenvalue weighted by molar-refractivity contribution is 7.09. The first-order valence-corrected chi connectivity index (χ1v) is 7.24. The zero-order valence-electron chi connectivity index (χ0n) is 11.5. The summed E-state index contributed by atoms with van der Waals surface area (Å²) in [7, 11) is 0. The fourth-order valence-electron chi connectivity index (χ4n) is 1.79. The van der Waals surface area contributed by atoms with Crippen molar-refractivity contribution in [2.24, 2.45) is 0 Å². The zero-order chi connectivity index (χ0) is 14.5. The van der Waals surface area contributed by atoms with Crippen molar-refractivity contribution in [3.05, 3.63) is 41.2 Å². The van der Waals surface area contributed by atoms with Gasteiger partial charge in [0, 0.05) is 24.0 Å². The first-order chi connectivity index (χ1) is 9.58. The first kappa shape index (κ1) is 14.5. The summed E-state index contributed by atoms with van der Waals surface area (Å²) in [5, 5.41) is 13.1. The Bertz CT molecular complexity index is 596. The van der Waals surface area contributed by atoms with Gasteiger partial charge in [-0.2, -0.15) is 4.37 Å². The molecule has 0 fully saturated rings. The van der Waals surface area contributed by atoms with E-state index in [1.807, 2.05) is 12.1 Å². The molecule has 1 aromatic heterocycles. The number of nitrogens with one attached hydrogen (secondary N) is 1. The zero-order valence-corrected chi connectivity index (χ0v) is 12.3. The number of carbonyl (C=O) groups is 1. The van der Waals surface area contributed by atoms with Gasteiger partial charge in [0.25, 0.3) is 0 Å². The van der Waals surface area contributed by atoms with E-state index in [0.717, 1.165) is 16.5 Å². The Hall–Kier alpha value is -1.95. The molecule has 0 saturated carbocycles. The van der Waals surface area contributed by atoms with Crippen molar-refractivity contribution in [1.29, 1.82) is 0 Å². The lowest BCUT2D eigenvalue weighted by molar-refractivity contribution is 0.0695.